The zero-order valence-corrected chi connectivity index (χ0v) is 14.8. The molecule has 1 saturated heterocycles. The molecule has 0 spiro atoms. The van der Waals surface area contributed by atoms with Crippen molar-refractivity contribution in [1.29, 1.82) is 0 Å². The van der Waals surface area contributed by atoms with Crippen LogP contribution in [0.25, 0.3) is 11.3 Å². The monoisotopic (exact) mass is 353 g/mol. The van der Waals surface area contributed by atoms with Crippen LogP contribution in [0.4, 0.5) is 0 Å². The molecule has 3 heterocycles. The number of carbonyl (C=O) groups is 1. The predicted molar refractivity (Wildman–Crippen MR) is 92.9 cm³/mol. The zero-order valence-electron chi connectivity index (χ0n) is 14.8. The molecule has 0 aliphatic carbocycles. The molecule has 8 nitrogen and oxygen atoms in total. The number of amides is 1. The van der Waals surface area contributed by atoms with Crippen molar-refractivity contribution >= 4 is 5.91 Å². The second-order valence-corrected chi connectivity index (χ2v) is 6.33. The number of para-hydroxylation sites is 1. The van der Waals surface area contributed by atoms with Crippen molar-refractivity contribution in [2.24, 2.45) is 7.05 Å². The van der Waals surface area contributed by atoms with Crippen molar-refractivity contribution < 1.29 is 14.1 Å². The fraction of sp³-hybridized carbons (Fsp3) is 0.333. The van der Waals surface area contributed by atoms with Gasteiger partial charge in [-0.3, -0.25) is 9.48 Å². The van der Waals surface area contributed by atoms with Gasteiger partial charge in [-0.05, 0) is 25.1 Å². The highest BCUT2D eigenvalue weighted by Crippen LogP contribution is 2.31. The van der Waals surface area contributed by atoms with Gasteiger partial charge in [-0.1, -0.05) is 17.3 Å². The minimum atomic E-state index is -0.0614. The van der Waals surface area contributed by atoms with Crippen molar-refractivity contribution in [3.05, 3.63) is 47.7 Å². The van der Waals surface area contributed by atoms with E-state index in [4.69, 9.17) is 9.26 Å². The minimum absolute atomic E-state index is 0.0614. The molecule has 0 N–H and O–H groups in total. The Hall–Kier alpha value is -3.16. The van der Waals surface area contributed by atoms with Gasteiger partial charge in [0.1, 0.15) is 11.4 Å². The first kappa shape index (κ1) is 16.3. The van der Waals surface area contributed by atoms with Gasteiger partial charge in [-0.25, -0.2) is 0 Å². The van der Waals surface area contributed by atoms with Crippen LogP contribution in [0, 0.1) is 6.92 Å². The van der Waals surface area contributed by atoms with Crippen molar-refractivity contribution in [3.8, 4) is 17.0 Å². The quantitative estimate of drug-likeness (QED) is 0.713. The highest BCUT2D eigenvalue weighted by molar-refractivity contribution is 5.94. The third kappa shape index (κ3) is 2.73. The van der Waals surface area contributed by atoms with Gasteiger partial charge in [0.05, 0.1) is 18.7 Å². The molecule has 0 atom stereocenters. The number of benzene rings is 1. The molecule has 2 aromatic heterocycles. The number of nitrogens with zero attached hydrogens (tertiary/aromatic N) is 5. The van der Waals surface area contributed by atoms with Gasteiger partial charge in [-0.2, -0.15) is 10.1 Å². The highest BCUT2D eigenvalue weighted by atomic mass is 16.5. The number of aromatic nitrogens is 4. The number of carbonyl (C=O) groups excluding carboxylic acids is 1. The van der Waals surface area contributed by atoms with Crippen LogP contribution in [0.1, 0.15) is 28.1 Å². The first-order chi connectivity index (χ1) is 12.6. The second kappa shape index (κ2) is 6.29. The molecule has 0 saturated carbocycles. The molecule has 0 unspecified atom stereocenters. The van der Waals surface area contributed by atoms with Gasteiger partial charge in [0.2, 0.25) is 5.89 Å². The number of ether oxygens (including phenoxy) is 1. The van der Waals surface area contributed by atoms with E-state index in [1.54, 1.807) is 36.7 Å². The molecule has 0 bridgehead atoms. The Labute approximate surface area is 150 Å². The van der Waals surface area contributed by atoms with E-state index in [0.29, 0.717) is 36.2 Å². The lowest BCUT2D eigenvalue weighted by molar-refractivity contribution is 0.0558. The Morgan fingerprint density at radius 1 is 1.31 bits per heavy atom. The molecular weight excluding hydrogens is 334 g/mol. The molecule has 3 aromatic rings. The van der Waals surface area contributed by atoms with E-state index in [0.717, 1.165) is 11.3 Å². The summed E-state index contributed by atoms with van der Waals surface area (Å²) in [6, 6.07) is 9.41. The lowest BCUT2D eigenvalue weighted by Gasteiger charge is -2.36. The summed E-state index contributed by atoms with van der Waals surface area (Å²) in [4.78, 5) is 18.8. The Balaban J connectivity index is 1.52. The van der Waals surface area contributed by atoms with Gasteiger partial charge in [0, 0.05) is 25.7 Å². The summed E-state index contributed by atoms with van der Waals surface area (Å²) in [5.74, 6) is 1.96. The summed E-state index contributed by atoms with van der Waals surface area (Å²) in [6.07, 6.45) is 0. The Morgan fingerprint density at radius 2 is 2.08 bits per heavy atom. The normalized spacial score (nSPS) is 14.3. The van der Waals surface area contributed by atoms with Crippen LogP contribution in [0.2, 0.25) is 0 Å². The van der Waals surface area contributed by atoms with Crippen LogP contribution >= 0.6 is 0 Å². The zero-order chi connectivity index (χ0) is 18.3. The van der Waals surface area contributed by atoms with Crippen LogP contribution in [-0.2, 0) is 7.05 Å². The molecular formula is C18H19N5O3. The lowest BCUT2D eigenvalue weighted by Crippen LogP contribution is -2.49. The number of hydrogen-bond donors (Lipinski definition) is 0. The number of aryl methyl sites for hydroxylation is 2. The van der Waals surface area contributed by atoms with Crippen molar-refractivity contribution in [2.75, 3.05) is 20.2 Å². The van der Waals surface area contributed by atoms with Crippen LogP contribution in [0.3, 0.4) is 0 Å². The third-order valence-corrected chi connectivity index (χ3v) is 4.54. The largest absolute Gasteiger partial charge is 0.496 e. The number of methoxy groups -OCH3 is 1. The minimum Gasteiger partial charge on any atom is -0.496 e. The Morgan fingerprint density at radius 3 is 2.77 bits per heavy atom. The average molecular weight is 353 g/mol. The van der Waals surface area contributed by atoms with Gasteiger partial charge in [0.25, 0.3) is 5.91 Å². The van der Waals surface area contributed by atoms with E-state index >= 15 is 0 Å². The van der Waals surface area contributed by atoms with Gasteiger partial charge in [0.15, 0.2) is 5.82 Å². The smallest absolute Gasteiger partial charge is 0.272 e. The van der Waals surface area contributed by atoms with E-state index in [1.165, 1.54) is 0 Å². The first-order valence-electron chi connectivity index (χ1n) is 8.33. The molecule has 8 heteroatoms. The van der Waals surface area contributed by atoms with Gasteiger partial charge in [-0.15, -0.1) is 0 Å². The van der Waals surface area contributed by atoms with Crippen LogP contribution < -0.4 is 4.74 Å². The average Bonchev–Trinajstić information content (AvgIpc) is 3.19. The van der Waals surface area contributed by atoms with E-state index < -0.39 is 0 Å². The molecule has 134 valence electrons. The Kier molecular flexibility index (Phi) is 3.95. The molecule has 0 radical (unpaired) electrons. The molecule has 1 aromatic carbocycles. The molecule has 26 heavy (non-hydrogen) atoms. The summed E-state index contributed by atoms with van der Waals surface area (Å²) in [5.41, 5.74) is 2.09. The van der Waals surface area contributed by atoms with E-state index in [1.807, 2.05) is 24.3 Å². The highest BCUT2D eigenvalue weighted by Gasteiger charge is 2.37. The summed E-state index contributed by atoms with van der Waals surface area (Å²) >= 11 is 0. The molecule has 1 aliphatic heterocycles. The van der Waals surface area contributed by atoms with Crippen LogP contribution in [-0.4, -0.2) is 50.9 Å². The second-order valence-electron chi connectivity index (χ2n) is 6.33. The summed E-state index contributed by atoms with van der Waals surface area (Å²) in [6.45, 7) is 2.91. The van der Waals surface area contributed by atoms with E-state index in [2.05, 4.69) is 15.2 Å². The fourth-order valence-corrected chi connectivity index (χ4v) is 3.10. The Bertz CT molecular complexity index is 955. The third-order valence-electron chi connectivity index (χ3n) is 4.54. The van der Waals surface area contributed by atoms with Crippen molar-refractivity contribution in [2.45, 2.75) is 12.8 Å². The maximum absolute atomic E-state index is 12.8. The standard InChI is InChI=1S/C18H19N5O3/c1-11-19-17(26-21-11)12-9-23(10-12)18(24)15-8-14(20-22(15)2)13-6-4-5-7-16(13)25-3/h4-8,12H,9-10H2,1-3H3. The van der Waals surface area contributed by atoms with Gasteiger partial charge < -0.3 is 14.2 Å². The fourth-order valence-electron chi connectivity index (χ4n) is 3.10. The first-order valence-corrected chi connectivity index (χ1v) is 8.33. The molecule has 1 fully saturated rings. The molecule has 1 amide bonds. The van der Waals surface area contributed by atoms with Crippen LogP contribution in [0.5, 0.6) is 5.75 Å². The van der Waals surface area contributed by atoms with Gasteiger partial charge >= 0.3 is 0 Å². The van der Waals surface area contributed by atoms with E-state index in [-0.39, 0.29) is 11.8 Å². The van der Waals surface area contributed by atoms with Crippen molar-refractivity contribution in [3.63, 3.8) is 0 Å². The summed E-state index contributed by atoms with van der Waals surface area (Å²) in [5, 5.41) is 8.28. The number of rotatable bonds is 4. The SMILES string of the molecule is COc1ccccc1-c1cc(C(=O)N2CC(c3nc(C)no3)C2)n(C)n1. The summed E-state index contributed by atoms with van der Waals surface area (Å²) < 4.78 is 12.2. The number of likely N-dealkylation sites (tertiary alicyclic amines) is 1. The van der Waals surface area contributed by atoms with E-state index in [9.17, 15) is 4.79 Å². The predicted octanol–water partition coefficient (Wildman–Crippen LogP) is 2.03. The number of hydrogen-bond acceptors (Lipinski definition) is 6. The topological polar surface area (TPSA) is 86.3 Å². The maximum Gasteiger partial charge on any atom is 0.272 e. The van der Waals surface area contributed by atoms with Crippen molar-refractivity contribution in [1.82, 2.24) is 24.8 Å². The maximum atomic E-state index is 12.8. The summed E-state index contributed by atoms with van der Waals surface area (Å²) in [7, 11) is 3.39. The van der Waals surface area contributed by atoms with Crippen LogP contribution in [0.15, 0.2) is 34.9 Å². The molecule has 1 aliphatic rings. The molecule has 4 rings (SSSR count). The lowest BCUT2D eigenvalue weighted by atomic mass is 9.99.